The number of hydrogen-bond acceptors (Lipinski definition) is 3. The van der Waals surface area contributed by atoms with Crippen LogP contribution in [0.5, 0.6) is 0 Å². The molecule has 2 rings (SSSR count). The van der Waals surface area contributed by atoms with Crippen LogP contribution in [0, 0.1) is 19.8 Å². The van der Waals surface area contributed by atoms with E-state index in [1.165, 1.54) is 0 Å². The maximum Gasteiger partial charge on any atom is 0.223 e. The fraction of sp³-hybridized carbons (Fsp3) is 0.692. The summed E-state index contributed by atoms with van der Waals surface area (Å²) in [4.78, 5) is 12.0. The summed E-state index contributed by atoms with van der Waals surface area (Å²) in [6.07, 6.45) is 2.84. The SMILES string of the molecule is Cc1n[nH]c(C)c1CNC(=O)C1CCC(O)CC1. The number of carbonyl (C=O) groups is 1. The van der Waals surface area contributed by atoms with E-state index in [4.69, 9.17) is 0 Å². The van der Waals surface area contributed by atoms with Gasteiger partial charge in [-0.25, -0.2) is 0 Å². The van der Waals surface area contributed by atoms with Crippen molar-refractivity contribution in [1.29, 1.82) is 0 Å². The largest absolute Gasteiger partial charge is 0.393 e. The number of aromatic amines is 1. The van der Waals surface area contributed by atoms with E-state index < -0.39 is 0 Å². The molecule has 0 bridgehead atoms. The van der Waals surface area contributed by atoms with Crippen molar-refractivity contribution in [2.45, 2.75) is 52.2 Å². The minimum absolute atomic E-state index is 0.0564. The highest BCUT2D eigenvalue weighted by atomic mass is 16.3. The van der Waals surface area contributed by atoms with E-state index in [2.05, 4.69) is 15.5 Å². The van der Waals surface area contributed by atoms with Crippen molar-refractivity contribution >= 4 is 5.91 Å². The Hall–Kier alpha value is -1.36. The molecular weight excluding hydrogens is 230 g/mol. The highest BCUT2D eigenvalue weighted by Crippen LogP contribution is 2.24. The molecule has 1 amide bonds. The van der Waals surface area contributed by atoms with Crippen molar-refractivity contribution < 1.29 is 9.90 Å². The Labute approximate surface area is 107 Å². The van der Waals surface area contributed by atoms with Gasteiger partial charge in [-0.3, -0.25) is 9.89 Å². The minimum Gasteiger partial charge on any atom is -0.393 e. The highest BCUT2D eigenvalue weighted by molar-refractivity contribution is 5.78. The van der Waals surface area contributed by atoms with Gasteiger partial charge >= 0.3 is 0 Å². The molecule has 1 heterocycles. The molecule has 0 unspecified atom stereocenters. The second kappa shape index (κ2) is 5.52. The molecule has 0 spiro atoms. The first-order valence-electron chi connectivity index (χ1n) is 6.54. The minimum atomic E-state index is -0.215. The van der Waals surface area contributed by atoms with Gasteiger partial charge in [-0.05, 0) is 39.5 Å². The lowest BCUT2D eigenvalue weighted by Gasteiger charge is -2.24. The van der Waals surface area contributed by atoms with Gasteiger partial charge in [0, 0.05) is 23.7 Å². The summed E-state index contributed by atoms with van der Waals surface area (Å²) in [5.41, 5.74) is 3.01. The summed E-state index contributed by atoms with van der Waals surface area (Å²) in [5, 5.41) is 19.4. The molecule has 5 nitrogen and oxygen atoms in total. The van der Waals surface area contributed by atoms with Gasteiger partial charge in [0.1, 0.15) is 0 Å². The van der Waals surface area contributed by atoms with Gasteiger partial charge in [0.15, 0.2) is 0 Å². The molecule has 100 valence electrons. The first kappa shape index (κ1) is 13.1. The van der Waals surface area contributed by atoms with Crippen LogP contribution in [0.15, 0.2) is 0 Å². The number of rotatable bonds is 3. The number of aromatic nitrogens is 2. The number of aryl methyl sites for hydroxylation is 2. The first-order valence-corrected chi connectivity index (χ1v) is 6.54. The van der Waals surface area contributed by atoms with E-state index in [-0.39, 0.29) is 17.9 Å². The molecule has 0 radical (unpaired) electrons. The number of hydrogen-bond donors (Lipinski definition) is 3. The van der Waals surface area contributed by atoms with E-state index in [0.717, 1.165) is 42.6 Å². The second-order valence-corrected chi connectivity index (χ2v) is 5.14. The van der Waals surface area contributed by atoms with E-state index in [1.807, 2.05) is 13.8 Å². The molecule has 0 aromatic carbocycles. The van der Waals surface area contributed by atoms with Crippen LogP contribution in [0.4, 0.5) is 0 Å². The Morgan fingerprint density at radius 3 is 2.61 bits per heavy atom. The number of nitrogens with one attached hydrogen (secondary N) is 2. The van der Waals surface area contributed by atoms with Crippen molar-refractivity contribution in [3.63, 3.8) is 0 Å². The van der Waals surface area contributed by atoms with E-state index in [9.17, 15) is 9.90 Å². The number of H-pyrrole nitrogens is 1. The average Bonchev–Trinajstić information content (AvgIpc) is 2.67. The third-order valence-corrected chi connectivity index (χ3v) is 3.79. The average molecular weight is 251 g/mol. The quantitative estimate of drug-likeness (QED) is 0.755. The number of carbonyl (C=O) groups excluding carboxylic acids is 1. The predicted molar refractivity (Wildman–Crippen MR) is 67.9 cm³/mol. The third kappa shape index (κ3) is 2.90. The molecule has 1 aliphatic rings. The van der Waals surface area contributed by atoms with Crippen LogP contribution in [0.3, 0.4) is 0 Å². The van der Waals surface area contributed by atoms with E-state index in [0.29, 0.717) is 6.54 Å². The highest BCUT2D eigenvalue weighted by Gasteiger charge is 2.25. The molecule has 0 saturated heterocycles. The Morgan fingerprint density at radius 1 is 1.39 bits per heavy atom. The van der Waals surface area contributed by atoms with Crippen LogP contribution in [-0.4, -0.2) is 27.3 Å². The number of aliphatic hydroxyl groups excluding tert-OH is 1. The maximum absolute atomic E-state index is 12.0. The van der Waals surface area contributed by atoms with Crippen molar-refractivity contribution in [2.75, 3.05) is 0 Å². The van der Waals surface area contributed by atoms with Gasteiger partial charge in [-0.1, -0.05) is 0 Å². The Bertz CT molecular complexity index is 400. The summed E-state index contributed by atoms with van der Waals surface area (Å²) < 4.78 is 0. The van der Waals surface area contributed by atoms with Crippen LogP contribution in [0.25, 0.3) is 0 Å². The molecule has 5 heteroatoms. The molecule has 0 aliphatic heterocycles. The molecule has 1 fully saturated rings. The van der Waals surface area contributed by atoms with Gasteiger partial charge < -0.3 is 10.4 Å². The van der Waals surface area contributed by atoms with Crippen molar-refractivity contribution in [1.82, 2.24) is 15.5 Å². The zero-order valence-electron chi connectivity index (χ0n) is 11.0. The predicted octanol–water partition coefficient (Wildman–Crippen LogP) is 1.19. The summed E-state index contributed by atoms with van der Waals surface area (Å²) in [6.45, 7) is 4.42. The normalized spacial score (nSPS) is 23.9. The van der Waals surface area contributed by atoms with Crippen molar-refractivity contribution in [2.24, 2.45) is 5.92 Å². The Morgan fingerprint density at radius 2 is 2.06 bits per heavy atom. The monoisotopic (exact) mass is 251 g/mol. The molecule has 1 aliphatic carbocycles. The summed E-state index contributed by atoms with van der Waals surface area (Å²) >= 11 is 0. The van der Waals surface area contributed by atoms with Crippen molar-refractivity contribution in [3.05, 3.63) is 17.0 Å². The summed E-state index contributed by atoms with van der Waals surface area (Å²) in [7, 11) is 0. The van der Waals surface area contributed by atoms with Crippen LogP contribution >= 0.6 is 0 Å². The molecule has 1 aromatic heterocycles. The zero-order chi connectivity index (χ0) is 13.1. The molecule has 0 atom stereocenters. The fourth-order valence-corrected chi connectivity index (χ4v) is 2.49. The molecule has 18 heavy (non-hydrogen) atoms. The Kier molecular flexibility index (Phi) is 4.01. The molecule has 1 aromatic rings. The second-order valence-electron chi connectivity index (χ2n) is 5.14. The summed E-state index contributed by atoms with van der Waals surface area (Å²) in [5.74, 6) is 0.155. The summed E-state index contributed by atoms with van der Waals surface area (Å²) in [6, 6.07) is 0. The van der Waals surface area contributed by atoms with Crippen LogP contribution in [0.1, 0.15) is 42.6 Å². The first-order chi connectivity index (χ1) is 8.58. The maximum atomic E-state index is 12.0. The van der Waals surface area contributed by atoms with Gasteiger partial charge in [0.05, 0.1) is 11.8 Å². The van der Waals surface area contributed by atoms with Crippen LogP contribution in [0.2, 0.25) is 0 Å². The lowest BCUT2D eigenvalue weighted by molar-refractivity contribution is -0.126. The van der Waals surface area contributed by atoms with Gasteiger partial charge in [-0.2, -0.15) is 5.10 Å². The molecule has 1 saturated carbocycles. The van der Waals surface area contributed by atoms with Crippen LogP contribution < -0.4 is 5.32 Å². The molecule has 3 N–H and O–H groups in total. The molecular formula is C13H21N3O2. The van der Waals surface area contributed by atoms with Crippen LogP contribution in [-0.2, 0) is 11.3 Å². The number of aliphatic hydroxyl groups is 1. The van der Waals surface area contributed by atoms with E-state index >= 15 is 0 Å². The lowest BCUT2D eigenvalue weighted by atomic mass is 9.87. The Balaban J connectivity index is 1.85. The zero-order valence-corrected chi connectivity index (χ0v) is 11.0. The fourth-order valence-electron chi connectivity index (χ4n) is 2.49. The van der Waals surface area contributed by atoms with Crippen molar-refractivity contribution in [3.8, 4) is 0 Å². The lowest BCUT2D eigenvalue weighted by Crippen LogP contribution is -2.33. The topological polar surface area (TPSA) is 78.0 Å². The smallest absolute Gasteiger partial charge is 0.223 e. The van der Waals surface area contributed by atoms with E-state index in [1.54, 1.807) is 0 Å². The number of nitrogens with zero attached hydrogens (tertiary/aromatic N) is 1. The standard InChI is InChI=1S/C13H21N3O2/c1-8-12(9(2)16-15-8)7-14-13(18)10-3-5-11(17)6-4-10/h10-11,17H,3-7H2,1-2H3,(H,14,18)(H,15,16). The number of amides is 1. The van der Waals surface area contributed by atoms with Gasteiger partial charge in [-0.15, -0.1) is 0 Å². The van der Waals surface area contributed by atoms with Gasteiger partial charge in [0.2, 0.25) is 5.91 Å². The van der Waals surface area contributed by atoms with Gasteiger partial charge in [0.25, 0.3) is 0 Å². The third-order valence-electron chi connectivity index (χ3n) is 3.79.